The monoisotopic (exact) mass is 506 g/mol. The molecule has 2 N–H and O–H groups in total. The van der Waals surface area contributed by atoms with Gasteiger partial charge >= 0.3 is 208 Å². The minimum atomic E-state index is -4.97. The third-order valence-electron chi connectivity index (χ3n) is 6.63. The molecule has 4 aromatic carbocycles. The van der Waals surface area contributed by atoms with Crippen LogP contribution in [0.3, 0.4) is 0 Å². The predicted octanol–water partition coefficient (Wildman–Crippen LogP) is 5.97. The Balaban J connectivity index is 2.22. The summed E-state index contributed by atoms with van der Waals surface area (Å²) >= 11 is 0. The van der Waals surface area contributed by atoms with Gasteiger partial charge < -0.3 is 0 Å². The van der Waals surface area contributed by atoms with Crippen LogP contribution < -0.4 is 15.9 Å². The number of phosphoric acid groups is 1. The first kappa shape index (κ1) is 25.5. The number of rotatable bonds is 7. The van der Waals surface area contributed by atoms with E-state index in [1.165, 1.54) is 0 Å². The van der Waals surface area contributed by atoms with Crippen molar-refractivity contribution in [3.05, 3.63) is 125 Å². The summed E-state index contributed by atoms with van der Waals surface area (Å²) in [6.45, 7) is 3.79. The van der Waals surface area contributed by atoms with Gasteiger partial charge in [0.05, 0.1) is 0 Å². The van der Waals surface area contributed by atoms with E-state index in [2.05, 4.69) is 0 Å². The Kier molecular flexibility index (Phi) is 6.90. The second-order valence-corrected chi connectivity index (χ2v) is 15.4. The molecule has 4 aromatic rings. The number of aryl methyl sites for hydroxylation is 4. The Morgan fingerprint density at radius 3 is 1.14 bits per heavy atom. The fourth-order valence-electron chi connectivity index (χ4n) is 4.75. The van der Waals surface area contributed by atoms with Crippen LogP contribution in [-0.4, -0.2) is 9.79 Å². The van der Waals surface area contributed by atoms with Crippen LogP contribution in [0.1, 0.15) is 27.8 Å². The normalized spacial score (nSPS) is 13.3. The standard InChI is InChI=1S/C29H32O4P2/c1-22-5-13-26(14-6-22)21-35(33-34(30,31)32,27-15-7-23(2)8-16-27,28-17-9-24(3)10-18-28)29-19-11-25(4)12-20-29/h5-20H,21H2,1-4H3,(H2,30,31,32). The van der Waals surface area contributed by atoms with Crippen LogP contribution in [0.2, 0.25) is 0 Å². The van der Waals surface area contributed by atoms with Gasteiger partial charge in [0.2, 0.25) is 0 Å². The number of hydrogen-bond acceptors (Lipinski definition) is 2. The molecule has 0 atom stereocenters. The van der Waals surface area contributed by atoms with Gasteiger partial charge in [0.15, 0.2) is 0 Å². The van der Waals surface area contributed by atoms with Crippen LogP contribution in [0.25, 0.3) is 0 Å². The van der Waals surface area contributed by atoms with Gasteiger partial charge in [-0.3, -0.25) is 0 Å². The first-order valence-corrected chi connectivity index (χ1v) is 15.4. The Bertz CT molecular complexity index is 1240. The van der Waals surface area contributed by atoms with Crippen molar-refractivity contribution in [2.45, 2.75) is 33.9 Å². The quantitative estimate of drug-likeness (QED) is 0.303. The van der Waals surface area contributed by atoms with E-state index in [1.54, 1.807) is 0 Å². The Morgan fingerprint density at radius 1 is 0.571 bits per heavy atom. The summed E-state index contributed by atoms with van der Waals surface area (Å²) in [6.07, 6.45) is 0.312. The molecule has 0 heterocycles. The van der Waals surface area contributed by atoms with Crippen molar-refractivity contribution >= 4 is 30.6 Å². The molecule has 35 heavy (non-hydrogen) atoms. The molecule has 0 radical (unpaired) electrons. The van der Waals surface area contributed by atoms with E-state index >= 15 is 0 Å². The average molecular weight is 507 g/mol. The summed E-state index contributed by atoms with van der Waals surface area (Å²) in [5.41, 5.74) is 5.24. The van der Waals surface area contributed by atoms with Crippen LogP contribution in [0.5, 0.6) is 0 Å². The first-order valence-electron chi connectivity index (χ1n) is 11.6. The van der Waals surface area contributed by atoms with E-state index in [9.17, 15) is 14.4 Å². The summed E-state index contributed by atoms with van der Waals surface area (Å²) < 4.78 is 19.2. The Labute approximate surface area is 207 Å². The SMILES string of the molecule is Cc1ccc(CP(OP(=O)(O)O)(c2ccc(C)cc2)(c2ccc(C)cc2)c2ccc(C)cc2)cc1. The van der Waals surface area contributed by atoms with Crippen LogP contribution in [0, 0.1) is 27.7 Å². The van der Waals surface area contributed by atoms with Crippen molar-refractivity contribution in [1.82, 2.24) is 0 Å². The maximum absolute atomic E-state index is 12.9. The van der Waals surface area contributed by atoms with Gasteiger partial charge in [-0.25, -0.2) is 0 Å². The van der Waals surface area contributed by atoms with E-state index in [1.807, 2.05) is 125 Å². The molecule has 0 spiro atoms. The molecule has 0 bridgehead atoms. The van der Waals surface area contributed by atoms with Crippen molar-refractivity contribution in [3.63, 3.8) is 0 Å². The third kappa shape index (κ3) is 4.91. The molecule has 182 valence electrons. The zero-order chi connectivity index (χ0) is 25.3. The minimum absolute atomic E-state index is 0.312. The van der Waals surface area contributed by atoms with Gasteiger partial charge in [-0.05, 0) is 0 Å². The molecule has 0 saturated heterocycles. The fraction of sp³-hybridized carbons (Fsp3) is 0.172. The van der Waals surface area contributed by atoms with Gasteiger partial charge in [0.1, 0.15) is 0 Å². The summed E-state index contributed by atoms with van der Waals surface area (Å²) in [5.74, 6) is 0. The maximum atomic E-state index is 12.9. The molecule has 0 aliphatic rings. The summed E-state index contributed by atoms with van der Waals surface area (Å²) in [4.78, 5) is 21.0. The van der Waals surface area contributed by atoms with Crippen LogP contribution in [0.15, 0.2) is 97.1 Å². The van der Waals surface area contributed by atoms with Gasteiger partial charge in [0.25, 0.3) is 0 Å². The van der Waals surface area contributed by atoms with Crippen molar-refractivity contribution < 1.29 is 18.7 Å². The van der Waals surface area contributed by atoms with Crippen LogP contribution >= 0.6 is 14.7 Å². The molecule has 0 unspecified atom stereocenters. The Morgan fingerprint density at radius 2 is 0.857 bits per heavy atom. The fourth-order valence-corrected chi connectivity index (χ4v) is 12.7. The predicted molar refractivity (Wildman–Crippen MR) is 147 cm³/mol. The summed E-state index contributed by atoms with van der Waals surface area (Å²) in [5, 5.41) is 2.33. The van der Waals surface area contributed by atoms with Crippen molar-refractivity contribution in [3.8, 4) is 0 Å². The van der Waals surface area contributed by atoms with Crippen LogP contribution in [0.4, 0.5) is 0 Å². The van der Waals surface area contributed by atoms with Crippen molar-refractivity contribution in [1.29, 1.82) is 0 Å². The molecule has 4 nitrogen and oxygen atoms in total. The second kappa shape index (κ2) is 9.47. The Hall–Kier alpha value is -2.58. The average Bonchev–Trinajstić information content (AvgIpc) is 2.80. The number of hydrogen-bond donors (Lipinski definition) is 2. The number of benzene rings is 4. The van der Waals surface area contributed by atoms with Crippen LogP contribution in [-0.2, 0) is 15.0 Å². The van der Waals surface area contributed by atoms with Gasteiger partial charge in [-0.1, -0.05) is 0 Å². The molecule has 0 aliphatic heterocycles. The van der Waals surface area contributed by atoms with E-state index < -0.39 is 14.7 Å². The molecule has 4 rings (SSSR count). The van der Waals surface area contributed by atoms with Crippen molar-refractivity contribution in [2.75, 3.05) is 0 Å². The zero-order valence-electron chi connectivity index (χ0n) is 20.6. The van der Waals surface area contributed by atoms with E-state index in [4.69, 9.17) is 4.31 Å². The van der Waals surface area contributed by atoms with Gasteiger partial charge in [0, 0.05) is 0 Å². The van der Waals surface area contributed by atoms with Gasteiger partial charge in [-0.2, -0.15) is 0 Å². The molecule has 0 aromatic heterocycles. The van der Waals surface area contributed by atoms with Crippen molar-refractivity contribution in [2.24, 2.45) is 0 Å². The molecule has 6 heteroatoms. The van der Waals surface area contributed by atoms with E-state index in [-0.39, 0.29) is 0 Å². The first-order chi connectivity index (χ1) is 16.5. The van der Waals surface area contributed by atoms with Gasteiger partial charge in [-0.15, -0.1) is 0 Å². The molecule has 0 saturated carbocycles. The molecule has 0 amide bonds. The van der Waals surface area contributed by atoms with E-state index in [0.717, 1.165) is 43.7 Å². The third-order valence-corrected chi connectivity index (χ3v) is 14.1. The molecular formula is C29H32O4P2. The molecule has 0 fully saturated rings. The summed E-state index contributed by atoms with van der Waals surface area (Å²) in [7, 11) is -4.97. The summed E-state index contributed by atoms with van der Waals surface area (Å²) in [6, 6.07) is 31.8. The van der Waals surface area contributed by atoms with E-state index in [0.29, 0.717) is 6.16 Å². The topological polar surface area (TPSA) is 66.8 Å². The zero-order valence-corrected chi connectivity index (χ0v) is 22.3. The second-order valence-electron chi connectivity index (χ2n) is 9.44. The molecule has 0 aliphatic carbocycles. The molecular weight excluding hydrogens is 474 g/mol.